The molecule has 2 aliphatic heterocycles. The summed E-state index contributed by atoms with van der Waals surface area (Å²) < 4.78 is 10.2. The molecular formula is C19H24N2O5. The highest BCUT2D eigenvalue weighted by atomic mass is 16.5. The average Bonchev–Trinajstić information content (AvgIpc) is 2.96. The van der Waals surface area contributed by atoms with Crippen LogP contribution in [0.2, 0.25) is 0 Å². The Morgan fingerprint density at radius 3 is 2.62 bits per heavy atom. The van der Waals surface area contributed by atoms with Gasteiger partial charge in [0.05, 0.1) is 37.8 Å². The van der Waals surface area contributed by atoms with E-state index in [9.17, 15) is 14.4 Å². The zero-order valence-corrected chi connectivity index (χ0v) is 15.1. The number of benzene rings is 1. The molecule has 0 aliphatic carbocycles. The third-order valence-corrected chi connectivity index (χ3v) is 4.97. The second-order valence-corrected chi connectivity index (χ2v) is 6.57. The maximum atomic E-state index is 12.9. The molecule has 2 saturated heterocycles. The number of nitrogens with zero attached hydrogens (tertiary/aromatic N) is 2. The number of imide groups is 1. The van der Waals surface area contributed by atoms with Crippen LogP contribution in [-0.4, -0.2) is 55.5 Å². The van der Waals surface area contributed by atoms with Gasteiger partial charge in [-0.1, -0.05) is 0 Å². The fourth-order valence-corrected chi connectivity index (χ4v) is 3.65. The minimum Gasteiger partial charge on any atom is -0.497 e. The average molecular weight is 360 g/mol. The van der Waals surface area contributed by atoms with Crippen molar-refractivity contribution in [2.45, 2.75) is 32.2 Å². The lowest BCUT2D eigenvalue weighted by Crippen LogP contribution is -2.48. The first-order valence-corrected chi connectivity index (χ1v) is 8.96. The summed E-state index contributed by atoms with van der Waals surface area (Å²) in [6.45, 7) is 3.29. The maximum Gasteiger partial charge on any atom is 0.310 e. The van der Waals surface area contributed by atoms with Gasteiger partial charge >= 0.3 is 5.97 Å². The number of piperidine rings is 1. The van der Waals surface area contributed by atoms with E-state index in [4.69, 9.17) is 9.47 Å². The molecule has 2 heterocycles. The zero-order valence-electron chi connectivity index (χ0n) is 15.1. The van der Waals surface area contributed by atoms with E-state index in [1.54, 1.807) is 38.3 Å². The number of carbonyl (C=O) groups excluding carboxylic acids is 3. The van der Waals surface area contributed by atoms with E-state index in [0.29, 0.717) is 31.1 Å². The van der Waals surface area contributed by atoms with E-state index in [1.165, 1.54) is 4.90 Å². The first kappa shape index (κ1) is 18.4. The molecule has 7 heteroatoms. The van der Waals surface area contributed by atoms with Crippen LogP contribution in [0, 0.1) is 5.92 Å². The zero-order chi connectivity index (χ0) is 18.7. The van der Waals surface area contributed by atoms with Gasteiger partial charge in [0.1, 0.15) is 5.75 Å². The number of rotatable bonds is 5. The summed E-state index contributed by atoms with van der Waals surface area (Å²) in [5, 5.41) is 0. The number of hydrogen-bond acceptors (Lipinski definition) is 6. The van der Waals surface area contributed by atoms with Crippen molar-refractivity contribution in [3.8, 4) is 5.75 Å². The largest absolute Gasteiger partial charge is 0.497 e. The molecule has 0 unspecified atom stereocenters. The smallest absolute Gasteiger partial charge is 0.310 e. The summed E-state index contributed by atoms with van der Waals surface area (Å²) in [6, 6.07) is 6.34. The van der Waals surface area contributed by atoms with Crippen LogP contribution in [0.3, 0.4) is 0 Å². The van der Waals surface area contributed by atoms with E-state index >= 15 is 0 Å². The minimum absolute atomic E-state index is 0.139. The number of methoxy groups -OCH3 is 1. The van der Waals surface area contributed by atoms with E-state index < -0.39 is 6.04 Å². The summed E-state index contributed by atoms with van der Waals surface area (Å²) in [6.07, 6.45) is 1.71. The molecule has 7 nitrogen and oxygen atoms in total. The van der Waals surface area contributed by atoms with E-state index in [0.717, 1.165) is 12.8 Å². The first-order valence-electron chi connectivity index (χ1n) is 8.96. The Morgan fingerprint density at radius 1 is 1.23 bits per heavy atom. The number of esters is 1. The van der Waals surface area contributed by atoms with E-state index in [1.807, 2.05) is 4.90 Å². The number of ether oxygens (including phenoxy) is 2. The second-order valence-electron chi connectivity index (χ2n) is 6.57. The molecule has 2 aliphatic rings. The molecular weight excluding hydrogens is 336 g/mol. The molecule has 2 amide bonds. The fraction of sp³-hybridized carbons (Fsp3) is 0.526. The van der Waals surface area contributed by atoms with Gasteiger partial charge in [-0.15, -0.1) is 0 Å². The van der Waals surface area contributed by atoms with Crippen molar-refractivity contribution in [3.63, 3.8) is 0 Å². The normalized spacial score (nSPS) is 24.0. The van der Waals surface area contributed by atoms with Gasteiger partial charge in [-0.25, -0.2) is 4.90 Å². The Balaban J connectivity index is 1.72. The fourth-order valence-electron chi connectivity index (χ4n) is 3.65. The molecule has 0 aromatic heterocycles. The third-order valence-electron chi connectivity index (χ3n) is 4.97. The van der Waals surface area contributed by atoms with Crippen molar-refractivity contribution in [1.29, 1.82) is 0 Å². The van der Waals surface area contributed by atoms with Crippen molar-refractivity contribution in [1.82, 2.24) is 4.90 Å². The Kier molecular flexibility index (Phi) is 5.56. The molecule has 0 saturated carbocycles. The van der Waals surface area contributed by atoms with Crippen LogP contribution in [-0.2, 0) is 19.1 Å². The Hall–Kier alpha value is -2.41. The maximum absolute atomic E-state index is 12.9. The van der Waals surface area contributed by atoms with Crippen LogP contribution < -0.4 is 9.64 Å². The molecule has 0 N–H and O–H groups in total. The van der Waals surface area contributed by atoms with Crippen LogP contribution in [0.1, 0.15) is 26.2 Å². The summed E-state index contributed by atoms with van der Waals surface area (Å²) in [5.41, 5.74) is 0.544. The molecule has 26 heavy (non-hydrogen) atoms. The Labute approximate surface area is 152 Å². The highest BCUT2D eigenvalue weighted by molar-refractivity contribution is 6.22. The third kappa shape index (κ3) is 3.58. The lowest BCUT2D eigenvalue weighted by molar-refractivity contribution is -0.150. The molecule has 1 aromatic rings. The van der Waals surface area contributed by atoms with Gasteiger partial charge in [0.2, 0.25) is 5.91 Å². The molecule has 0 bridgehead atoms. The van der Waals surface area contributed by atoms with Gasteiger partial charge < -0.3 is 9.47 Å². The number of hydrogen-bond donors (Lipinski definition) is 0. The van der Waals surface area contributed by atoms with Crippen LogP contribution in [0.25, 0.3) is 0 Å². The minimum atomic E-state index is -0.512. The second kappa shape index (κ2) is 7.86. The number of likely N-dealkylation sites (tertiary alicyclic amines) is 1. The summed E-state index contributed by atoms with van der Waals surface area (Å²) in [7, 11) is 1.56. The SMILES string of the molecule is CCOC(=O)[C@@H]1CCCN([C@@H]2CC(=O)N(c3ccc(OC)cc3)C2=O)C1. The van der Waals surface area contributed by atoms with Crippen molar-refractivity contribution in [2.75, 3.05) is 31.7 Å². The van der Waals surface area contributed by atoms with Gasteiger partial charge in [0.15, 0.2) is 0 Å². The predicted molar refractivity (Wildman–Crippen MR) is 94.8 cm³/mol. The predicted octanol–water partition coefficient (Wildman–Crippen LogP) is 1.60. The van der Waals surface area contributed by atoms with E-state index in [-0.39, 0.29) is 30.1 Å². The monoisotopic (exact) mass is 360 g/mol. The quantitative estimate of drug-likeness (QED) is 0.586. The summed E-state index contributed by atoms with van der Waals surface area (Å²) in [4.78, 5) is 40.6. The van der Waals surface area contributed by atoms with Crippen molar-refractivity contribution < 1.29 is 23.9 Å². The van der Waals surface area contributed by atoms with Gasteiger partial charge in [0, 0.05) is 6.54 Å². The number of amides is 2. The van der Waals surface area contributed by atoms with Crippen molar-refractivity contribution in [3.05, 3.63) is 24.3 Å². The van der Waals surface area contributed by atoms with E-state index in [2.05, 4.69) is 0 Å². The van der Waals surface area contributed by atoms with Gasteiger partial charge in [-0.2, -0.15) is 0 Å². The molecule has 0 radical (unpaired) electrons. The van der Waals surface area contributed by atoms with Crippen molar-refractivity contribution >= 4 is 23.5 Å². The lowest BCUT2D eigenvalue weighted by Gasteiger charge is -2.34. The molecule has 2 atom stereocenters. The van der Waals surface area contributed by atoms with Crippen LogP contribution in [0.4, 0.5) is 5.69 Å². The van der Waals surface area contributed by atoms with Gasteiger partial charge in [-0.05, 0) is 50.6 Å². The first-order chi connectivity index (χ1) is 12.5. The van der Waals surface area contributed by atoms with Crippen molar-refractivity contribution in [2.24, 2.45) is 5.92 Å². The highest BCUT2D eigenvalue weighted by Crippen LogP contribution is 2.29. The Bertz CT molecular complexity index is 688. The molecule has 2 fully saturated rings. The summed E-state index contributed by atoms with van der Waals surface area (Å²) in [5.74, 6) is -0.242. The topological polar surface area (TPSA) is 76.2 Å². The molecule has 140 valence electrons. The van der Waals surface area contributed by atoms with Gasteiger partial charge in [0.25, 0.3) is 5.91 Å². The highest BCUT2D eigenvalue weighted by Gasteiger charge is 2.44. The summed E-state index contributed by atoms with van der Waals surface area (Å²) >= 11 is 0. The van der Waals surface area contributed by atoms with Crippen LogP contribution >= 0.6 is 0 Å². The molecule has 1 aromatic carbocycles. The molecule has 3 rings (SSSR count). The number of carbonyl (C=O) groups is 3. The lowest BCUT2D eigenvalue weighted by atomic mass is 9.96. The molecule has 0 spiro atoms. The number of anilines is 1. The van der Waals surface area contributed by atoms with Crippen LogP contribution in [0.15, 0.2) is 24.3 Å². The van der Waals surface area contributed by atoms with Gasteiger partial charge in [-0.3, -0.25) is 19.3 Å². The standard InChI is InChI=1S/C19H24N2O5/c1-3-26-19(24)13-5-4-10-20(12-13)16-11-17(22)21(18(16)23)14-6-8-15(25-2)9-7-14/h6-9,13,16H,3-5,10-12H2,1-2H3/t13-,16-/m1/s1. The Morgan fingerprint density at radius 2 is 1.96 bits per heavy atom. The van der Waals surface area contributed by atoms with Crippen LogP contribution in [0.5, 0.6) is 5.75 Å².